The van der Waals surface area contributed by atoms with Crippen molar-refractivity contribution in [2.75, 3.05) is 13.6 Å². The zero-order chi connectivity index (χ0) is 21.0. The molecule has 0 aliphatic carbocycles. The molecule has 0 saturated heterocycles. The summed E-state index contributed by atoms with van der Waals surface area (Å²) >= 11 is 0. The fourth-order valence-corrected chi connectivity index (χ4v) is 3.29. The maximum atomic E-state index is 10.9. The van der Waals surface area contributed by atoms with E-state index in [1.165, 1.54) is 22.2 Å². The van der Waals surface area contributed by atoms with Crippen LogP contribution in [0.5, 0.6) is 0 Å². The third-order valence-electron chi connectivity index (χ3n) is 5.13. The first-order valence-electron chi connectivity index (χ1n) is 9.95. The fraction of sp³-hybridized carbons (Fsp3) is 0.292. The van der Waals surface area contributed by atoms with Crippen LogP contribution in [0.3, 0.4) is 0 Å². The molecule has 2 heterocycles. The number of amides is 2. The van der Waals surface area contributed by atoms with E-state index in [1.54, 1.807) is 24.3 Å². The molecule has 2 amide bonds. The zero-order valence-corrected chi connectivity index (χ0v) is 17.5. The van der Waals surface area contributed by atoms with Crippen LogP contribution in [0.2, 0.25) is 0 Å². The summed E-state index contributed by atoms with van der Waals surface area (Å²) in [6.07, 6.45) is 1.05. The van der Waals surface area contributed by atoms with Gasteiger partial charge in [0.2, 0.25) is 0 Å². The predicted molar refractivity (Wildman–Crippen MR) is 116 cm³/mol. The maximum Gasteiger partial charge on any atom is 0.258 e. The second-order valence-corrected chi connectivity index (χ2v) is 7.30. The Balaban J connectivity index is 0.000000186. The Kier molecular flexibility index (Phi) is 6.39. The first kappa shape index (κ1) is 20.7. The molecule has 3 aromatic rings. The lowest BCUT2D eigenvalue weighted by atomic mass is 10.1. The average Bonchev–Trinajstić information content (AvgIpc) is 3.02. The third-order valence-corrected chi connectivity index (χ3v) is 5.13. The molecular weight excluding hydrogens is 362 g/mol. The molecule has 1 aliphatic heterocycles. The van der Waals surface area contributed by atoms with E-state index in [0.29, 0.717) is 11.1 Å². The summed E-state index contributed by atoms with van der Waals surface area (Å²) in [7, 11) is 2.14. The molecular formula is C24H27N3O2. The van der Waals surface area contributed by atoms with Gasteiger partial charge in [-0.1, -0.05) is 38.1 Å². The number of aromatic nitrogens is 1. The van der Waals surface area contributed by atoms with Crippen molar-refractivity contribution in [3.8, 4) is 0 Å². The molecule has 0 spiro atoms. The van der Waals surface area contributed by atoms with Crippen LogP contribution < -0.4 is 5.32 Å². The Morgan fingerprint density at radius 3 is 2.21 bits per heavy atom. The topological polar surface area (TPSA) is 62.3 Å². The van der Waals surface area contributed by atoms with Crippen LogP contribution in [0.25, 0.3) is 10.9 Å². The summed E-state index contributed by atoms with van der Waals surface area (Å²) in [5.74, 6) is -0.601. The number of benzene rings is 2. The molecule has 1 aromatic heterocycles. The lowest BCUT2D eigenvalue weighted by Gasteiger charge is -2.16. The van der Waals surface area contributed by atoms with Gasteiger partial charge in [-0.15, -0.1) is 0 Å². The van der Waals surface area contributed by atoms with Gasteiger partial charge in [0.15, 0.2) is 0 Å². The number of rotatable bonds is 4. The molecule has 2 aromatic carbocycles. The second-order valence-electron chi connectivity index (χ2n) is 7.30. The summed E-state index contributed by atoms with van der Waals surface area (Å²) in [6.45, 7) is 8.48. The largest absolute Gasteiger partial charge is 0.301 e. The minimum Gasteiger partial charge on any atom is -0.301 e. The van der Waals surface area contributed by atoms with Crippen molar-refractivity contribution in [3.05, 3.63) is 76.5 Å². The van der Waals surface area contributed by atoms with Crippen molar-refractivity contribution in [1.29, 1.82) is 0 Å². The summed E-state index contributed by atoms with van der Waals surface area (Å²) in [6, 6.07) is 15.5. The van der Waals surface area contributed by atoms with Crippen LogP contribution >= 0.6 is 0 Å². The monoisotopic (exact) mass is 389 g/mol. The van der Waals surface area contributed by atoms with Crippen molar-refractivity contribution < 1.29 is 9.59 Å². The number of nitrogens with one attached hydrogen (secondary N) is 1. The minimum atomic E-state index is -0.300. The van der Waals surface area contributed by atoms with Gasteiger partial charge in [-0.25, -0.2) is 0 Å². The van der Waals surface area contributed by atoms with Crippen LogP contribution in [0.1, 0.15) is 51.4 Å². The number of imide groups is 1. The lowest BCUT2D eigenvalue weighted by molar-refractivity contribution is 0.0879. The SMILES string of the molecule is CCc1cc2ccc(C)cc2nc1CN(C)CC.O=C1NC(=O)c2ccccc21. The van der Waals surface area contributed by atoms with Gasteiger partial charge in [-0.2, -0.15) is 0 Å². The van der Waals surface area contributed by atoms with E-state index in [9.17, 15) is 9.59 Å². The van der Waals surface area contributed by atoms with Crippen LogP contribution in [0, 0.1) is 6.92 Å². The van der Waals surface area contributed by atoms with Gasteiger partial charge in [0.1, 0.15) is 0 Å². The number of hydrogen-bond donors (Lipinski definition) is 1. The van der Waals surface area contributed by atoms with E-state index in [4.69, 9.17) is 4.98 Å². The van der Waals surface area contributed by atoms with E-state index < -0.39 is 0 Å². The molecule has 0 saturated carbocycles. The van der Waals surface area contributed by atoms with Crippen molar-refractivity contribution >= 4 is 22.7 Å². The van der Waals surface area contributed by atoms with E-state index in [-0.39, 0.29) is 11.8 Å². The Morgan fingerprint density at radius 2 is 1.62 bits per heavy atom. The van der Waals surface area contributed by atoms with Gasteiger partial charge in [0.25, 0.3) is 11.8 Å². The van der Waals surface area contributed by atoms with Crippen LogP contribution in [-0.2, 0) is 13.0 Å². The zero-order valence-electron chi connectivity index (χ0n) is 17.5. The molecule has 4 rings (SSSR count). The van der Waals surface area contributed by atoms with Crippen molar-refractivity contribution in [3.63, 3.8) is 0 Å². The molecule has 0 radical (unpaired) electrons. The highest BCUT2D eigenvalue weighted by atomic mass is 16.2. The van der Waals surface area contributed by atoms with Gasteiger partial charge >= 0.3 is 0 Å². The predicted octanol–water partition coefficient (Wildman–Crippen LogP) is 4.13. The number of pyridine rings is 1. The minimum absolute atomic E-state index is 0.300. The Bertz CT molecular complexity index is 1030. The average molecular weight is 389 g/mol. The molecule has 0 bridgehead atoms. The molecule has 1 N–H and O–H groups in total. The Hall–Kier alpha value is -3.05. The van der Waals surface area contributed by atoms with Gasteiger partial charge in [-0.05, 0) is 62.3 Å². The number of carbonyl (C=O) groups excluding carboxylic acids is 2. The fourth-order valence-electron chi connectivity index (χ4n) is 3.29. The summed E-state index contributed by atoms with van der Waals surface area (Å²) in [5, 5.41) is 3.45. The van der Waals surface area contributed by atoms with E-state index in [2.05, 4.69) is 62.3 Å². The van der Waals surface area contributed by atoms with Crippen molar-refractivity contribution in [1.82, 2.24) is 15.2 Å². The second kappa shape index (κ2) is 8.97. The smallest absolute Gasteiger partial charge is 0.258 e. The first-order chi connectivity index (χ1) is 13.9. The molecule has 5 nitrogen and oxygen atoms in total. The number of aryl methyl sites for hydroxylation is 2. The molecule has 1 aliphatic rings. The Morgan fingerprint density at radius 1 is 0.966 bits per heavy atom. The van der Waals surface area contributed by atoms with Crippen molar-refractivity contribution in [2.24, 2.45) is 0 Å². The van der Waals surface area contributed by atoms with E-state index in [0.717, 1.165) is 25.0 Å². The van der Waals surface area contributed by atoms with Crippen LogP contribution in [-0.4, -0.2) is 35.3 Å². The standard InChI is InChI=1S/C16H22N2.C8H5NO2/c1-5-13-10-14-8-7-12(3)9-15(14)17-16(13)11-18(4)6-2;10-7-5-3-1-2-4-6(5)8(11)9-7/h7-10H,5-6,11H2,1-4H3;1-4H,(H,9,10,11). The van der Waals surface area contributed by atoms with Gasteiger partial charge in [0, 0.05) is 11.9 Å². The number of hydrogen-bond acceptors (Lipinski definition) is 4. The molecule has 0 atom stereocenters. The number of carbonyl (C=O) groups is 2. The van der Waals surface area contributed by atoms with Gasteiger partial charge < -0.3 is 4.90 Å². The Labute approximate surface area is 171 Å². The third kappa shape index (κ3) is 4.69. The van der Waals surface area contributed by atoms with E-state index >= 15 is 0 Å². The normalized spacial score (nSPS) is 12.6. The van der Waals surface area contributed by atoms with Gasteiger partial charge in [0.05, 0.1) is 22.3 Å². The molecule has 0 fully saturated rings. The van der Waals surface area contributed by atoms with Crippen LogP contribution in [0.4, 0.5) is 0 Å². The molecule has 29 heavy (non-hydrogen) atoms. The highest BCUT2D eigenvalue weighted by Crippen LogP contribution is 2.19. The summed E-state index contributed by atoms with van der Waals surface area (Å²) in [4.78, 5) is 29.0. The quantitative estimate of drug-likeness (QED) is 0.682. The van der Waals surface area contributed by atoms with E-state index in [1.807, 2.05) is 0 Å². The summed E-state index contributed by atoms with van der Waals surface area (Å²) < 4.78 is 0. The lowest BCUT2D eigenvalue weighted by Crippen LogP contribution is -2.19. The number of nitrogens with zero attached hydrogens (tertiary/aromatic N) is 2. The highest BCUT2D eigenvalue weighted by Gasteiger charge is 2.25. The highest BCUT2D eigenvalue weighted by molar-refractivity contribution is 6.21. The first-order valence-corrected chi connectivity index (χ1v) is 9.95. The molecule has 5 heteroatoms. The molecule has 150 valence electrons. The van der Waals surface area contributed by atoms with Gasteiger partial charge in [-0.3, -0.25) is 19.9 Å². The molecule has 0 unspecified atom stereocenters. The van der Waals surface area contributed by atoms with Crippen molar-refractivity contribution in [2.45, 2.75) is 33.7 Å². The maximum absolute atomic E-state index is 10.9. The number of fused-ring (bicyclic) bond motifs is 2. The van der Waals surface area contributed by atoms with Crippen LogP contribution in [0.15, 0.2) is 48.5 Å². The summed E-state index contributed by atoms with van der Waals surface area (Å²) in [5.41, 5.74) is 5.92.